The molecule has 1 heterocycles. The Kier molecular flexibility index (Phi) is 4.56. The van der Waals surface area contributed by atoms with Crippen LogP contribution in [0.15, 0.2) is 48.8 Å². The summed E-state index contributed by atoms with van der Waals surface area (Å²) in [7, 11) is 0. The van der Waals surface area contributed by atoms with Gasteiger partial charge in [-0.25, -0.2) is 0 Å². The van der Waals surface area contributed by atoms with E-state index in [4.69, 9.17) is 22.1 Å². The van der Waals surface area contributed by atoms with Crippen LogP contribution in [-0.2, 0) is 0 Å². The molecule has 2 N–H and O–H groups in total. The highest BCUT2D eigenvalue weighted by Crippen LogP contribution is 2.24. The van der Waals surface area contributed by atoms with E-state index in [0.29, 0.717) is 13.2 Å². The molecule has 2 aromatic rings. The van der Waals surface area contributed by atoms with Gasteiger partial charge in [-0.1, -0.05) is 29.8 Å². The number of aromatic nitrogens is 1. The molecule has 0 aliphatic rings. The summed E-state index contributed by atoms with van der Waals surface area (Å²) < 4.78 is 5.67. The summed E-state index contributed by atoms with van der Waals surface area (Å²) in [4.78, 5) is 4.00. The lowest BCUT2D eigenvalue weighted by Gasteiger charge is -2.17. The zero-order valence-corrected chi connectivity index (χ0v) is 10.7. The van der Waals surface area contributed by atoms with Crippen molar-refractivity contribution in [3.8, 4) is 5.75 Å². The molecule has 18 heavy (non-hydrogen) atoms. The van der Waals surface area contributed by atoms with Crippen molar-refractivity contribution in [1.82, 2.24) is 4.98 Å². The van der Waals surface area contributed by atoms with Crippen LogP contribution in [0.1, 0.15) is 11.5 Å². The maximum Gasteiger partial charge on any atom is 0.137 e. The fourth-order valence-corrected chi connectivity index (χ4v) is 2.01. The summed E-state index contributed by atoms with van der Waals surface area (Å²) in [5.74, 6) is 0.821. The van der Waals surface area contributed by atoms with E-state index in [2.05, 4.69) is 4.98 Å². The summed E-state index contributed by atoms with van der Waals surface area (Å²) in [6.07, 6.45) is 3.39. The maximum atomic E-state index is 6.16. The van der Waals surface area contributed by atoms with Gasteiger partial charge in [0.15, 0.2) is 0 Å². The van der Waals surface area contributed by atoms with Crippen molar-refractivity contribution in [3.63, 3.8) is 0 Å². The molecule has 0 radical (unpaired) electrons. The number of hydrogen-bond donors (Lipinski definition) is 1. The van der Waals surface area contributed by atoms with Crippen molar-refractivity contribution < 1.29 is 4.74 Å². The summed E-state index contributed by atoms with van der Waals surface area (Å²) in [6, 6.07) is 11.4. The van der Waals surface area contributed by atoms with E-state index in [0.717, 1.165) is 16.3 Å². The van der Waals surface area contributed by atoms with E-state index < -0.39 is 0 Å². The molecular formula is C14H15ClN2O. The topological polar surface area (TPSA) is 48.1 Å². The van der Waals surface area contributed by atoms with Crippen LogP contribution in [0.4, 0.5) is 0 Å². The predicted molar refractivity (Wildman–Crippen MR) is 73.0 cm³/mol. The Morgan fingerprint density at radius 2 is 2.06 bits per heavy atom. The van der Waals surface area contributed by atoms with Crippen LogP contribution in [0.5, 0.6) is 5.75 Å². The molecule has 1 aromatic heterocycles. The molecule has 0 saturated heterocycles. The number of pyridine rings is 1. The lowest BCUT2D eigenvalue weighted by Crippen LogP contribution is -2.20. The first-order valence-corrected chi connectivity index (χ1v) is 6.16. The van der Waals surface area contributed by atoms with E-state index >= 15 is 0 Å². The van der Waals surface area contributed by atoms with Crippen molar-refractivity contribution in [2.24, 2.45) is 5.73 Å². The smallest absolute Gasteiger partial charge is 0.137 e. The summed E-state index contributed by atoms with van der Waals surface area (Å²) >= 11 is 6.16. The second-order valence-corrected chi connectivity index (χ2v) is 4.36. The molecule has 4 heteroatoms. The minimum atomic E-state index is 0.0823. The molecule has 0 aliphatic heterocycles. The van der Waals surface area contributed by atoms with Gasteiger partial charge in [-0.3, -0.25) is 4.98 Å². The number of benzene rings is 1. The molecule has 0 bridgehead atoms. The van der Waals surface area contributed by atoms with E-state index in [1.165, 1.54) is 0 Å². The van der Waals surface area contributed by atoms with E-state index in [-0.39, 0.29) is 5.92 Å². The fourth-order valence-electron chi connectivity index (χ4n) is 1.72. The summed E-state index contributed by atoms with van der Waals surface area (Å²) in [5, 5.41) is 0.725. The van der Waals surface area contributed by atoms with Gasteiger partial charge in [0.2, 0.25) is 0 Å². The molecule has 0 saturated carbocycles. The van der Waals surface area contributed by atoms with Crippen LogP contribution in [0, 0.1) is 0 Å². The van der Waals surface area contributed by atoms with Crippen molar-refractivity contribution in [1.29, 1.82) is 0 Å². The lowest BCUT2D eigenvalue weighted by molar-refractivity contribution is 0.289. The first-order valence-electron chi connectivity index (χ1n) is 5.78. The van der Waals surface area contributed by atoms with Crippen LogP contribution in [-0.4, -0.2) is 18.1 Å². The highest BCUT2D eigenvalue weighted by Gasteiger charge is 2.13. The minimum Gasteiger partial charge on any atom is -0.491 e. The van der Waals surface area contributed by atoms with Crippen LogP contribution >= 0.6 is 11.6 Å². The minimum absolute atomic E-state index is 0.0823. The first-order chi connectivity index (χ1) is 8.81. The first kappa shape index (κ1) is 12.9. The van der Waals surface area contributed by atoms with Crippen LogP contribution < -0.4 is 10.5 Å². The van der Waals surface area contributed by atoms with Crippen molar-refractivity contribution in [2.45, 2.75) is 5.92 Å². The van der Waals surface area contributed by atoms with Crippen molar-refractivity contribution in [2.75, 3.05) is 13.2 Å². The monoisotopic (exact) mass is 262 g/mol. The number of halogens is 1. The largest absolute Gasteiger partial charge is 0.491 e. The van der Waals surface area contributed by atoms with Crippen LogP contribution in [0.25, 0.3) is 0 Å². The van der Waals surface area contributed by atoms with Crippen molar-refractivity contribution in [3.05, 3.63) is 59.4 Å². The van der Waals surface area contributed by atoms with Gasteiger partial charge in [-0.2, -0.15) is 0 Å². The number of nitrogens with two attached hydrogens (primary N) is 1. The highest BCUT2D eigenvalue weighted by molar-refractivity contribution is 6.31. The fraction of sp³-hybridized carbons (Fsp3) is 0.214. The zero-order chi connectivity index (χ0) is 12.8. The standard InChI is InChI=1S/C14H15ClN2O/c15-14-6-2-1-5-13(14)11(8-16)10-18-12-4-3-7-17-9-12/h1-7,9,11H,8,10,16H2. The van der Waals surface area contributed by atoms with Gasteiger partial charge in [0, 0.05) is 23.7 Å². The third-order valence-electron chi connectivity index (χ3n) is 2.72. The molecule has 3 nitrogen and oxygen atoms in total. The Hall–Kier alpha value is -1.58. The molecular weight excluding hydrogens is 248 g/mol. The highest BCUT2D eigenvalue weighted by atomic mass is 35.5. The van der Waals surface area contributed by atoms with Gasteiger partial charge < -0.3 is 10.5 Å². The van der Waals surface area contributed by atoms with Gasteiger partial charge in [-0.15, -0.1) is 0 Å². The molecule has 0 spiro atoms. The predicted octanol–water partition coefficient (Wildman–Crippen LogP) is 2.86. The third-order valence-corrected chi connectivity index (χ3v) is 3.06. The molecule has 0 fully saturated rings. The van der Waals surface area contributed by atoms with Crippen molar-refractivity contribution >= 4 is 11.6 Å². The zero-order valence-electron chi connectivity index (χ0n) is 9.92. The Bertz CT molecular complexity index is 490. The lowest BCUT2D eigenvalue weighted by atomic mass is 10.0. The third kappa shape index (κ3) is 3.22. The maximum absolute atomic E-state index is 6.16. The quantitative estimate of drug-likeness (QED) is 0.901. The number of rotatable bonds is 5. The molecule has 94 valence electrons. The van der Waals surface area contributed by atoms with Crippen LogP contribution in [0.3, 0.4) is 0 Å². The number of nitrogens with zero attached hydrogens (tertiary/aromatic N) is 1. The van der Waals surface area contributed by atoms with Gasteiger partial charge in [-0.05, 0) is 23.8 Å². The van der Waals surface area contributed by atoms with Gasteiger partial charge >= 0.3 is 0 Å². The molecule has 0 amide bonds. The SMILES string of the molecule is NCC(COc1cccnc1)c1ccccc1Cl. The van der Waals surface area contributed by atoms with Crippen LogP contribution in [0.2, 0.25) is 5.02 Å². The van der Waals surface area contributed by atoms with E-state index in [9.17, 15) is 0 Å². The van der Waals surface area contributed by atoms with Gasteiger partial charge in [0.05, 0.1) is 12.8 Å². The average molecular weight is 263 g/mol. The Morgan fingerprint density at radius 3 is 2.72 bits per heavy atom. The summed E-state index contributed by atoms with van der Waals surface area (Å²) in [5.41, 5.74) is 6.80. The Labute approximate surface area is 112 Å². The number of ether oxygens (including phenoxy) is 1. The van der Waals surface area contributed by atoms with E-state index in [1.807, 2.05) is 36.4 Å². The second-order valence-electron chi connectivity index (χ2n) is 3.95. The molecule has 0 aliphatic carbocycles. The normalized spacial score (nSPS) is 12.1. The molecule has 1 aromatic carbocycles. The molecule has 2 rings (SSSR count). The van der Waals surface area contributed by atoms with Gasteiger partial charge in [0.1, 0.15) is 5.75 Å². The Balaban J connectivity index is 2.04. The molecule has 1 unspecified atom stereocenters. The second kappa shape index (κ2) is 6.38. The Morgan fingerprint density at radius 1 is 1.22 bits per heavy atom. The summed E-state index contributed by atoms with van der Waals surface area (Å²) in [6.45, 7) is 0.982. The molecule has 1 atom stereocenters. The van der Waals surface area contributed by atoms with E-state index in [1.54, 1.807) is 12.4 Å². The number of hydrogen-bond acceptors (Lipinski definition) is 3. The van der Waals surface area contributed by atoms with Gasteiger partial charge in [0.25, 0.3) is 0 Å². The average Bonchev–Trinajstić information content (AvgIpc) is 2.42.